The van der Waals surface area contributed by atoms with Gasteiger partial charge < -0.3 is 5.11 Å². The van der Waals surface area contributed by atoms with Gasteiger partial charge in [0.1, 0.15) is 0 Å². The average Bonchev–Trinajstić information content (AvgIpc) is 1.41. The molecule has 0 saturated heterocycles. The zero-order chi connectivity index (χ0) is 4.12. The van der Waals surface area contributed by atoms with E-state index in [1.807, 2.05) is 0 Å². The number of unbranched alkanes of at least 4 members (excludes halogenated alkanes) is 1. The van der Waals surface area contributed by atoms with E-state index in [4.69, 9.17) is 5.11 Å². The Kier molecular flexibility index (Phi) is 15.2. The molecule has 0 spiro atoms. The second-order valence-corrected chi connectivity index (χ2v) is 0.931. The number of rotatable bonds is 2. The van der Waals surface area contributed by atoms with Crippen LogP contribution in [0.15, 0.2) is 0 Å². The van der Waals surface area contributed by atoms with Crippen LogP contribution in [0.25, 0.3) is 0 Å². The predicted octanol–water partition coefficient (Wildman–Crippen LogP) is 0.950. The zero-order valence-corrected chi connectivity index (χ0v) is 6.63. The smallest absolute Gasteiger partial charge is 0.0431 e. The van der Waals surface area contributed by atoms with Crippen LogP contribution in [0.2, 0.25) is 0 Å². The summed E-state index contributed by atoms with van der Waals surface area (Å²) in [6.45, 7) is 3.80. The molecule has 1 N–H and O–H groups in total. The fraction of sp³-hybridized carbons (Fsp3) is 0.750. The number of aliphatic hydroxyl groups is 1. The van der Waals surface area contributed by atoms with Crippen molar-refractivity contribution in [2.24, 2.45) is 0 Å². The molecule has 0 aromatic heterocycles. The van der Waals surface area contributed by atoms with E-state index in [2.05, 4.69) is 6.92 Å². The first-order valence-electron chi connectivity index (χ1n) is 1.82. The predicted molar refractivity (Wildman–Crippen MR) is 33.8 cm³/mol. The minimum Gasteiger partial charge on any atom is -0.396 e. The van der Waals surface area contributed by atoms with Crippen molar-refractivity contribution >= 4 is 23.9 Å². The molecule has 0 aliphatic carbocycles. The summed E-state index contributed by atoms with van der Waals surface area (Å²) in [5, 5.41) is 8.03. The molecule has 0 rings (SSSR count). The van der Waals surface area contributed by atoms with Crippen LogP contribution in [-0.2, 0) is 0 Å². The quantitative estimate of drug-likeness (QED) is 0.654. The average molecular weight is 198 g/mol. The number of hydrogen-bond acceptors (Lipinski definition) is 1. The van der Waals surface area contributed by atoms with E-state index in [0.717, 1.165) is 12.8 Å². The van der Waals surface area contributed by atoms with E-state index >= 15 is 0 Å². The summed E-state index contributed by atoms with van der Waals surface area (Å²) in [6.07, 6.45) is 1.68. The van der Waals surface area contributed by atoms with Crippen LogP contribution in [-0.4, -0.2) is 35.6 Å². The molecule has 0 heterocycles. The molecule has 0 amide bonds. The SMILES string of the molecule is [CH2]CCCO.[HH].[HH].[HH].[Sn]. The molecule has 0 bridgehead atoms. The van der Waals surface area contributed by atoms with Gasteiger partial charge >= 0.3 is 0 Å². The molecule has 1 nitrogen and oxygen atoms in total. The van der Waals surface area contributed by atoms with Crippen molar-refractivity contribution in [2.75, 3.05) is 6.61 Å². The minimum absolute atomic E-state index is 0. The van der Waals surface area contributed by atoms with Gasteiger partial charge in [0.25, 0.3) is 0 Å². The molecule has 0 aromatic carbocycles. The fourth-order valence-corrected chi connectivity index (χ4v) is 0.112. The summed E-state index contributed by atoms with van der Waals surface area (Å²) in [5.74, 6) is 0. The van der Waals surface area contributed by atoms with Gasteiger partial charge in [-0.25, -0.2) is 0 Å². The molecular formula is C4H15OSn. The Bertz CT molecular complexity index is 23.3. The third-order valence-electron chi connectivity index (χ3n) is 0.408. The summed E-state index contributed by atoms with van der Waals surface area (Å²) >= 11 is 0. The van der Waals surface area contributed by atoms with Gasteiger partial charge in [0.15, 0.2) is 0 Å². The van der Waals surface area contributed by atoms with Crippen molar-refractivity contribution in [2.45, 2.75) is 12.8 Å². The third-order valence-corrected chi connectivity index (χ3v) is 0.408. The second kappa shape index (κ2) is 9.23. The summed E-state index contributed by atoms with van der Waals surface area (Å²) < 4.78 is 0. The molecule has 0 saturated carbocycles. The molecule has 0 aromatic rings. The minimum atomic E-state index is 0. The molecule has 0 fully saturated rings. The number of aliphatic hydroxyl groups excluding tert-OH is 1. The van der Waals surface area contributed by atoms with Crippen molar-refractivity contribution in [3.05, 3.63) is 6.92 Å². The van der Waals surface area contributed by atoms with Crippen LogP contribution in [0.3, 0.4) is 0 Å². The maximum Gasteiger partial charge on any atom is 0.0431 e. The van der Waals surface area contributed by atoms with Gasteiger partial charge in [0, 0.05) is 34.8 Å². The van der Waals surface area contributed by atoms with Crippen molar-refractivity contribution in [3.63, 3.8) is 0 Å². The molecule has 2 heteroatoms. The molecule has 6 heavy (non-hydrogen) atoms. The summed E-state index contributed by atoms with van der Waals surface area (Å²) in [6, 6.07) is 0. The van der Waals surface area contributed by atoms with E-state index < -0.39 is 0 Å². The largest absolute Gasteiger partial charge is 0.396 e. The normalized spacial score (nSPS) is 7.00. The van der Waals surface area contributed by atoms with Crippen LogP contribution in [0.5, 0.6) is 0 Å². The molecule has 0 atom stereocenters. The Balaban J connectivity index is -0.0000000133. The van der Waals surface area contributed by atoms with Crippen LogP contribution in [0, 0.1) is 6.92 Å². The first-order valence-corrected chi connectivity index (χ1v) is 1.82. The molecule has 0 aliphatic heterocycles. The molecular weight excluding hydrogens is 183 g/mol. The Hall–Kier alpha value is 0.759. The van der Waals surface area contributed by atoms with Gasteiger partial charge in [-0.05, 0) is 6.42 Å². The Morgan fingerprint density at radius 3 is 2.17 bits per heavy atom. The maximum absolute atomic E-state index is 8.03. The van der Waals surface area contributed by atoms with Crippen LogP contribution >= 0.6 is 0 Å². The number of hydrogen-bond donors (Lipinski definition) is 1. The van der Waals surface area contributed by atoms with E-state index in [9.17, 15) is 0 Å². The van der Waals surface area contributed by atoms with Crippen molar-refractivity contribution in [3.8, 4) is 0 Å². The second-order valence-electron chi connectivity index (χ2n) is 0.931. The monoisotopic (exact) mass is 199 g/mol. The topological polar surface area (TPSA) is 20.2 Å². The third kappa shape index (κ3) is 8.83. The van der Waals surface area contributed by atoms with Gasteiger partial charge in [0.05, 0.1) is 0 Å². The van der Waals surface area contributed by atoms with Crippen LogP contribution < -0.4 is 0 Å². The van der Waals surface area contributed by atoms with E-state index in [1.54, 1.807) is 0 Å². The summed E-state index contributed by atoms with van der Waals surface area (Å²) in [5.41, 5.74) is 0. The first-order chi connectivity index (χ1) is 2.41. The Morgan fingerprint density at radius 1 is 1.67 bits per heavy atom. The summed E-state index contributed by atoms with van der Waals surface area (Å²) in [4.78, 5) is 0. The van der Waals surface area contributed by atoms with Gasteiger partial charge in [0.2, 0.25) is 0 Å². The van der Waals surface area contributed by atoms with E-state index in [1.165, 1.54) is 0 Å². The van der Waals surface area contributed by atoms with Crippen molar-refractivity contribution in [1.29, 1.82) is 0 Å². The van der Waals surface area contributed by atoms with Gasteiger partial charge in [-0.15, -0.1) is 0 Å². The molecule has 0 aliphatic rings. The van der Waals surface area contributed by atoms with Gasteiger partial charge in [-0.3, -0.25) is 0 Å². The maximum atomic E-state index is 8.03. The first kappa shape index (κ1) is 9.90. The summed E-state index contributed by atoms with van der Waals surface area (Å²) in [7, 11) is 0. The molecule has 5 radical (unpaired) electrons. The van der Waals surface area contributed by atoms with Gasteiger partial charge in [-0.1, -0.05) is 13.3 Å². The van der Waals surface area contributed by atoms with Crippen molar-refractivity contribution in [1.82, 2.24) is 0 Å². The van der Waals surface area contributed by atoms with E-state index in [0.29, 0.717) is 0 Å². The molecule has 41 valence electrons. The van der Waals surface area contributed by atoms with Crippen LogP contribution in [0.4, 0.5) is 0 Å². The standard InChI is InChI=1S/C4H9O.Sn.3H2/c1-2-3-4-5;;;;/h5H,1-4H2;;3*1H. The van der Waals surface area contributed by atoms with Gasteiger partial charge in [-0.2, -0.15) is 0 Å². The van der Waals surface area contributed by atoms with Crippen molar-refractivity contribution < 1.29 is 9.39 Å². The Morgan fingerprint density at radius 2 is 2.17 bits per heavy atom. The zero-order valence-electron chi connectivity index (χ0n) is 3.78. The molecule has 0 unspecified atom stereocenters. The fourth-order valence-electron chi connectivity index (χ4n) is 0.112. The van der Waals surface area contributed by atoms with Crippen LogP contribution in [0.1, 0.15) is 17.1 Å². The van der Waals surface area contributed by atoms with E-state index in [-0.39, 0.29) is 34.8 Å². The Labute approximate surface area is 60.2 Å².